The number of nitrogens with one attached hydrogen (secondary N) is 2. The SMILES string of the molecule is CCOc1ccccc1NCC(=O)Nc1ccc(OC(F)F)cc1. The molecule has 24 heavy (non-hydrogen) atoms. The number of carbonyl (C=O) groups excluding carboxylic acids is 1. The van der Waals surface area contributed by atoms with Crippen LogP contribution in [0, 0.1) is 0 Å². The summed E-state index contributed by atoms with van der Waals surface area (Å²) < 4.78 is 33.8. The number of carbonyl (C=O) groups is 1. The van der Waals surface area contributed by atoms with Crippen LogP contribution in [0.3, 0.4) is 0 Å². The topological polar surface area (TPSA) is 59.6 Å². The van der Waals surface area contributed by atoms with Gasteiger partial charge in [0.05, 0.1) is 18.8 Å². The zero-order chi connectivity index (χ0) is 17.4. The molecule has 2 N–H and O–H groups in total. The van der Waals surface area contributed by atoms with E-state index >= 15 is 0 Å². The molecule has 0 spiro atoms. The van der Waals surface area contributed by atoms with Gasteiger partial charge in [0.25, 0.3) is 0 Å². The first-order valence-electron chi connectivity index (χ1n) is 7.39. The summed E-state index contributed by atoms with van der Waals surface area (Å²) in [6, 6.07) is 13.0. The third kappa shape index (κ3) is 5.42. The van der Waals surface area contributed by atoms with Crippen molar-refractivity contribution in [1.82, 2.24) is 0 Å². The van der Waals surface area contributed by atoms with E-state index in [1.54, 1.807) is 0 Å². The average molecular weight is 336 g/mol. The van der Waals surface area contributed by atoms with Crippen molar-refractivity contribution >= 4 is 17.3 Å². The molecule has 0 saturated carbocycles. The molecule has 0 unspecified atom stereocenters. The highest BCUT2D eigenvalue weighted by molar-refractivity contribution is 5.94. The van der Waals surface area contributed by atoms with Crippen LogP contribution in [0.2, 0.25) is 0 Å². The van der Waals surface area contributed by atoms with Crippen LogP contribution in [0.1, 0.15) is 6.92 Å². The molecule has 0 saturated heterocycles. The van der Waals surface area contributed by atoms with E-state index in [2.05, 4.69) is 15.4 Å². The van der Waals surface area contributed by atoms with Crippen LogP contribution in [-0.2, 0) is 4.79 Å². The molecule has 0 heterocycles. The molecule has 2 rings (SSSR count). The fraction of sp³-hybridized carbons (Fsp3) is 0.235. The first-order valence-corrected chi connectivity index (χ1v) is 7.39. The van der Waals surface area contributed by atoms with E-state index in [1.807, 2.05) is 31.2 Å². The summed E-state index contributed by atoms with van der Waals surface area (Å²) >= 11 is 0. The van der Waals surface area contributed by atoms with Crippen molar-refractivity contribution in [3.63, 3.8) is 0 Å². The third-order valence-corrected chi connectivity index (χ3v) is 2.99. The minimum absolute atomic E-state index is 0.0340. The van der Waals surface area contributed by atoms with E-state index in [0.29, 0.717) is 18.0 Å². The molecule has 7 heteroatoms. The predicted octanol–water partition coefficient (Wildman–Crippen LogP) is 3.74. The maximum atomic E-state index is 12.1. The number of alkyl halides is 2. The Hall–Kier alpha value is -2.83. The molecule has 0 aliphatic heterocycles. The molecule has 2 aromatic carbocycles. The molecule has 0 atom stereocenters. The Morgan fingerprint density at radius 3 is 2.50 bits per heavy atom. The Labute approximate surface area is 138 Å². The Bertz CT molecular complexity index is 663. The van der Waals surface area contributed by atoms with Crippen LogP contribution >= 0.6 is 0 Å². The average Bonchev–Trinajstić information content (AvgIpc) is 2.56. The quantitative estimate of drug-likeness (QED) is 0.771. The van der Waals surface area contributed by atoms with Crippen LogP contribution in [0.25, 0.3) is 0 Å². The Morgan fingerprint density at radius 2 is 1.83 bits per heavy atom. The molecule has 1 amide bonds. The van der Waals surface area contributed by atoms with Gasteiger partial charge in [-0.15, -0.1) is 0 Å². The van der Waals surface area contributed by atoms with E-state index in [0.717, 1.165) is 5.69 Å². The van der Waals surface area contributed by atoms with Gasteiger partial charge in [0, 0.05) is 5.69 Å². The molecular weight excluding hydrogens is 318 g/mol. The lowest BCUT2D eigenvalue weighted by atomic mass is 10.3. The second-order valence-corrected chi connectivity index (χ2v) is 4.73. The molecular formula is C17H18F2N2O3. The van der Waals surface area contributed by atoms with Gasteiger partial charge in [-0.25, -0.2) is 0 Å². The fourth-order valence-corrected chi connectivity index (χ4v) is 1.99. The van der Waals surface area contributed by atoms with E-state index in [4.69, 9.17) is 4.74 Å². The summed E-state index contributed by atoms with van der Waals surface area (Å²) in [5.41, 5.74) is 1.21. The molecule has 5 nitrogen and oxygen atoms in total. The van der Waals surface area contributed by atoms with Gasteiger partial charge >= 0.3 is 6.61 Å². The number of anilines is 2. The van der Waals surface area contributed by atoms with Crippen molar-refractivity contribution < 1.29 is 23.0 Å². The summed E-state index contributed by atoms with van der Waals surface area (Å²) in [5.74, 6) is 0.428. The molecule has 0 aliphatic carbocycles. The van der Waals surface area contributed by atoms with Gasteiger partial charge in [-0.1, -0.05) is 12.1 Å². The van der Waals surface area contributed by atoms with Gasteiger partial charge in [0.2, 0.25) is 5.91 Å². The number of amides is 1. The molecule has 0 bridgehead atoms. The lowest BCUT2D eigenvalue weighted by molar-refractivity contribution is -0.114. The van der Waals surface area contributed by atoms with Crippen LogP contribution in [0.4, 0.5) is 20.2 Å². The fourth-order valence-electron chi connectivity index (χ4n) is 1.99. The van der Waals surface area contributed by atoms with Crippen LogP contribution in [-0.4, -0.2) is 25.7 Å². The highest BCUT2D eigenvalue weighted by Gasteiger charge is 2.07. The number of rotatable bonds is 8. The molecule has 0 fully saturated rings. The second kappa shape index (κ2) is 8.71. The largest absolute Gasteiger partial charge is 0.492 e. The van der Waals surface area contributed by atoms with Crippen LogP contribution < -0.4 is 20.1 Å². The van der Waals surface area contributed by atoms with Crippen molar-refractivity contribution in [2.24, 2.45) is 0 Å². The zero-order valence-corrected chi connectivity index (χ0v) is 13.1. The lowest BCUT2D eigenvalue weighted by Gasteiger charge is -2.12. The van der Waals surface area contributed by atoms with Crippen LogP contribution in [0.5, 0.6) is 11.5 Å². The summed E-state index contributed by atoms with van der Waals surface area (Å²) in [6.07, 6.45) is 0. The summed E-state index contributed by atoms with van der Waals surface area (Å²) in [7, 11) is 0. The van der Waals surface area contributed by atoms with Crippen molar-refractivity contribution in [3.05, 3.63) is 48.5 Å². The molecule has 128 valence electrons. The van der Waals surface area contributed by atoms with Gasteiger partial charge in [0.15, 0.2) is 0 Å². The van der Waals surface area contributed by atoms with E-state index in [9.17, 15) is 13.6 Å². The Balaban J connectivity index is 1.87. The zero-order valence-electron chi connectivity index (χ0n) is 13.1. The minimum Gasteiger partial charge on any atom is -0.492 e. The maximum Gasteiger partial charge on any atom is 0.387 e. The molecule has 0 aliphatic rings. The summed E-state index contributed by atoms with van der Waals surface area (Å²) in [5, 5.41) is 5.65. The van der Waals surface area contributed by atoms with Gasteiger partial charge < -0.3 is 20.1 Å². The van der Waals surface area contributed by atoms with Gasteiger partial charge in [-0.2, -0.15) is 8.78 Å². The van der Waals surface area contributed by atoms with Gasteiger partial charge in [-0.05, 0) is 43.3 Å². The Morgan fingerprint density at radius 1 is 1.12 bits per heavy atom. The maximum absolute atomic E-state index is 12.1. The van der Waals surface area contributed by atoms with Crippen molar-refractivity contribution in [2.45, 2.75) is 13.5 Å². The first-order chi connectivity index (χ1) is 11.6. The second-order valence-electron chi connectivity index (χ2n) is 4.73. The van der Waals surface area contributed by atoms with E-state index in [-0.39, 0.29) is 18.2 Å². The van der Waals surface area contributed by atoms with Crippen molar-refractivity contribution in [2.75, 3.05) is 23.8 Å². The molecule has 2 aromatic rings. The number of hydrogen-bond donors (Lipinski definition) is 2. The number of hydrogen-bond acceptors (Lipinski definition) is 4. The Kier molecular flexibility index (Phi) is 6.36. The number of benzene rings is 2. The van der Waals surface area contributed by atoms with E-state index < -0.39 is 6.61 Å². The first kappa shape index (κ1) is 17.5. The summed E-state index contributed by atoms with van der Waals surface area (Å²) in [6.45, 7) is -0.428. The number of halogens is 2. The van der Waals surface area contributed by atoms with Gasteiger partial charge in [0.1, 0.15) is 11.5 Å². The third-order valence-electron chi connectivity index (χ3n) is 2.99. The van der Waals surface area contributed by atoms with E-state index in [1.165, 1.54) is 24.3 Å². The number of para-hydroxylation sites is 2. The highest BCUT2D eigenvalue weighted by Crippen LogP contribution is 2.23. The number of ether oxygens (including phenoxy) is 2. The standard InChI is InChI=1S/C17H18F2N2O3/c1-2-23-15-6-4-3-5-14(15)20-11-16(22)21-12-7-9-13(10-8-12)24-17(18)19/h3-10,17,20H,2,11H2,1H3,(H,21,22). The lowest BCUT2D eigenvalue weighted by Crippen LogP contribution is -2.22. The van der Waals surface area contributed by atoms with Crippen LogP contribution in [0.15, 0.2) is 48.5 Å². The monoisotopic (exact) mass is 336 g/mol. The highest BCUT2D eigenvalue weighted by atomic mass is 19.3. The normalized spacial score (nSPS) is 10.3. The molecule has 0 aromatic heterocycles. The minimum atomic E-state index is -2.87. The smallest absolute Gasteiger partial charge is 0.387 e. The summed E-state index contributed by atoms with van der Waals surface area (Å²) in [4.78, 5) is 12.0. The van der Waals surface area contributed by atoms with Crippen molar-refractivity contribution in [3.8, 4) is 11.5 Å². The molecule has 0 radical (unpaired) electrons. The predicted molar refractivity (Wildman–Crippen MR) is 87.8 cm³/mol. The van der Waals surface area contributed by atoms with Crippen molar-refractivity contribution in [1.29, 1.82) is 0 Å². The van der Waals surface area contributed by atoms with Gasteiger partial charge in [-0.3, -0.25) is 4.79 Å².